The lowest BCUT2D eigenvalue weighted by atomic mass is 9.76. The quantitative estimate of drug-likeness (QED) is 0.907. The standard InChI is InChI=1S/C12H15BrN2OS/c1-11(2,3)12(4,7-14)15-10(16)9-8(13)5-6-17-9/h5-6H,1-4H3,(H,15,16)/t12-/m0/s1. The highest BCUT2D eigenvalue weighted by Gasteiger charge is 2.39. The van der Waals surface area contributed by atoms with Crippen LogP contribution in [-0.2, 0) is 0 Å². The second-order valence-electron chi connectivity index (χ2n) is 5.04. The van der Waals surface area contributed by atoms with Crippen LogP contribution < -0.4 is 5.32 Å². The number of hydrogen-bond acceptors (Lipinski definition) is 3. The molecular weight excluding hydrogens is 300 g/mol. The summed E-state index contributed by atoms with van der Waals surface area (Å²) in [6, 6.07) is 4.01. The van der Waals surface area contributed by atoms with Crippen molar-refractivity contribution < 1.29 is 4.79 Å². The highest BCUT2D eigenvalue weighted by Crippen LogP contribution is 2.31. The first-order chi connectivity index (χ1) is 7.71. The topological polar surface area (TPSA) is 52.9 Å². The molecule has 5 heteroatoms. The lowest BCUT2D eigenvalue weighted by Crippen LogP contribution is -2.53. The summed E-state index contributed by atoms with van der Waals surface area (Å²) < 4.78 is 0.759. The van der Waals surface area contributed by atoms with E-state index in [4.69, 9.17) is 0 Å². The molecule has 0 aliphatic carbocycles. The second kappa shape index (κ2) is 4.79. The summed E-state index contributed by atoms with van der Waals surface area (Å²) in [5.74, 6) is -0.217. The Labute approximate surface area is 114 Å². The van der Waals surface area contributed by atoms with Crippen LogP contribution in [0.3, 0.4) is 0 Å². The zero-order valence-electron chi connectivity index (χ0n) is 10.3. The molecule has 1 aromatic heterocycles. The first-order valence-corrected chi connectivity index (χ1v) is 6.85. The molecule has 0 radical (unpaired) electrons. The van der Waals surface area contributed by atoms with Gasteiger partial charge in [0.05, 0.1) is 6.07 Å². The van der Waals surface area contributed by atoms with Gasteiger partial charge >= 0.3 is 0 Å². The average Bonchev–Trinajstić information content (AvgIpc) is 2.62. The van der Waals surface area contributed by atoms with E-state index < -0.39 is 5.54 Å². The molecule has 3 nitrogen and oxygen atoms in total. The molecule has 0 aliphatic heterocycles. The van der Waals surface area contributed by atoms with Crippen LogP contribution >= 0.6 is 27.3 Å². The van der Waals surface area contributed by atoms with Gasteiger partial charge in [-0.15, -0.1) is 11.3 Å². The lowest BCUT2D eigenvalue weighted by molar-refractivity contribution is 0.0871. The van der Waals surface area contributed by atoms with Crippen LogP contribution in [0.2, 0.25) is 0 Å². The van der Waals surface area contributed by atoms with Crippen molar-refractivity contribution in [3.05, 3.63) is 20.8 Å². The molecule has 0 fully saturated rings. The zero-order chi connectivity index (χ0) is 13.3. The Kier molecular flexibility index (Phi) is 4.00. The number of rotatable bonds is 2. The van der Waals surface area contributed by atoms with Crippen molar-refractivity contribution in [2.75, 3.05) is 0 Å². The second-order valence-corrected chi connectivity index (χ2v) is 6.81. The molecule has 0 saturated heterocycles. The van der Waals surface area contributed by atoms with Crippen LogP contribution in [0.1, 0.15) is 37.4 Å². The molecule has 0 aromatic carbocycles. The third-order valence-corrected chi connectivity index (χ3v) is 4.75. The van der Waals surface area contributed by atoms with E-state index in [-0.39, 0.29) is 11.3 Å². The van der Waals surface area contributed by atoms with E-state index in [0.29, 0.717) is 4.88 Å². The van der Waals surface area contributed by atoms with Crippen molar-refractivity contribution in [2.45, 2.75) is 33.2 Å². The smallest absolute Gasteiger partial charge is 0.263 e. The number of hydrogen-bond donors (Lipinski definition) is 1. The first kappa shape index (κ1) is 14.2. The fourth-order valence-electron chi connectivity index (χ4n) is 1.12. The van der Waals surface area contributed by atoms with E-state index >= 15 is 0 Å². The maximum atomic E-state index is 12.1. The Morgan fingerprint density at radius 3 is 2.41 bits per heavy atom. The van der Waals surface area contributed by atoms with E-state index in [1.54, 1.807) is 6.92 Å². The summed E-state index contributed by atoms with van der Waals surface area (Å²) in [5, 5.41) is 13.9. The normalized spacial score (nSPS) is 14.8. The van der Waals surface area contributed by atoms with Crippen molar-refractivity contribution in [3.8, 4) is 6.07 Å². The summed E-state index contributed by atoms with van der Waals surface area (Å²) in [6.07, 6.45) is 0. The van der Waals surface area contributed by atoms with Crippen molar-refractivity contribution >= 4 is 33.2 Å². The van der Waals surface area contributed by atoms with Crippen LogP contribution in [0.25, 0.3) is 0 Å². The summed E-state index contributed by atoms with van der Waals surface area (Å²) in [4.78, 5) is 12.7. The number of halogens is 1. The Morgan fingerprint density at radius 2 is 2.06 bits per heavy atom. The van der Waals surface area contributed by atoms with Crippen molar-refractivity contribution in [1.82, 2.24) is 5.32 Å². The van der Waals surface area contributed by atoms with Crippen LogP contribution in [0, 0.1) is 16.7 Å². The lowest BCUT2D eigenvalue weighted by Gasteiger charge is -2.36. The Hall–Kier alpha value is -0.860. The summed E-state index contributed by atoms with van der Waals surface area (Å²) in [6.45, 7) is 7.53. The Bertz CT molecular complexity index is 470. The van der Waals surface area contributed by atoms with Gasteiger partial charge in [-0.05, 0) is 39.7 Å². The van der Waals surface area contributed by atoms with Crippen LogP contribution in [0.5, 0.6) is 0 Å². The molecule has 92 valence electrons. The third kappa shape index (κ3) is 2.88. The number of amides is 1. The van der Waals surface area contributed by atoms with Gasteiger partial charge in [0, 0.05) is 4.47 Å². The summed E-state index contributed by atoms with van der Waals surface area (Å²) in [7, 11) is 0. The third-order valence-electron chi connectivity index (χ3n) is 2.91. The molecule has 0 aliphatic rings. The number of carbonyl (C=O) groups is 1. The molecular formula is C12H15BrN2OS. The number of carbonyl (C=O) groups excluding carboxylic acids is 1. The number of nitriles is 1. The van der Waals surface area contributed by atoms with E-state index in [0.717, 1.165) is 4.47 Å². The Balaban J connectivity index is 2.96. The predicted molar refractivity (Wildman–Crippen MR) is 73.0 cm³/mol. The molecule has 17 heavy (non-hydrogen) atoms. The minimum absolute atomic E-state index is 0.217. The minimum atomic E-state index is -0.895. The van der Waals surface area contributed by atoms with Crippen molar-refractivity contribution in [1.29, 1.82) is 5.26 Å². The van der Waals surface area contributed by atoms with Gasteiger partial charge < -0.3 is 5.32 Å². The number of thiophene rings is 1. The number of nitrogens with one attached hydrogen (secondary N) is 1. The van der Waals surface area contributed by atoms with Gasteiger partial charge in [-0.25, -0.2) is 0 Å². The number of nitrogens with zero attached hydrogens (tertiary/aromatic N) is 1. The molecule has 1 atom stereocenters. The van der Waals surface area contributed by atoms with Crippen LogP contribution in [0.4, 0.5) is 0 Å². The van der Waals surface area contributed by atoms with Gasteiger partial charge in [0.25, 0.3) is 5.91 Å². The molecule has 1 aromatic rings. The van der Waals surface area contributed by atoms with Crippen LogP contribution in [0.15, 0.2) is 15.9 Å². The zero-order valence-corrected chi connectivity index (χ0v) is 12.7. The molecule has 1 amide bonds. The minimum Gasteiger partial charge on any atom is -0.333 e. The van der Waals surface area contributed by atoms with E-state index in [1.165, 1.54) is 11.3 Å². The van der Waals surface area contributed by atoms with Gasteiger partial charge in [-0.2, -0.15) is 5.26 Å². The van der Waals surface area contributed by atoms with E-state index in [9.17, 15) is 10.1 Å². The van der Waals surface area contributed by atoms with Gasteiger partial charge in [0.1, 0.15) is 10.4 Å². The molecule has 1 heterocycles. The maximum absolute atomic E-state index is 12.1. The van der Waals surface area contributed by atoms with Crippen LogP contribution in [-0.4, -0.2) is 11.4 Å². The molecule has 0 bridgehead atoms. The predicted octanol–water partition coefficient (Wildman–Crippen LogP) is 3.57. The molecule has 1 rings (SSSR count). The maximum Gasteiger partial charge on any atom is 0.263 e. The SMILES string of the molecule is CC(C)(C)[C@](C)(C#N)NC(=O)c1sccc1Br. The van der Waals surface area contributed by atoms with Crippen molar-refractivity contribution in [3.63, 3.8) is 0 Å². The first-order valence-electron chi connectivity index (χ1n) is 5.18. The molecule has 1 N–H and O–H groups in total. The van der Waals surface area contributed by atoms with Gasteiger partial charge in [-0.1, -0.05) is 20.8 Å². The fourth-order valence-corrected chi connectivity index (χ4v) is 2.57. The fraction of sp³-hybridized carbons (Fsp3) is 0.500. The average molecular weight is 315 g/mol. The van der Waals surface area contributed by atoms with Gasteiger partial charge in [0.15, 0.2) is 0 Å². The Morgan fingerprint density at radius 1 is 1.47 bits per heavy atom. The van der Waals surface area contributed by atoms with Gasteiger partial charge in [-0.3, -0.25) is 4.79 Å². The van der Waals surface area contributed by atoms with Gasteiger partial charge in [0.2, 0.25) is 0 Å². The molecule has 0 saturated carbocycles. The van der Waals surface area contributed by atoms with E-state index in [1.807, 2.05) is 32.2 Å². The highest BCUT2D eigenvalue weighted by molar-refractivity contribution is 9.10. The van der Waals surface area contributed by atoms with E-state index in [2.05, 4.69) is 27.3 Å². The monoisotopic (exact) mass is 314 g/mol. The highest BCUT2D eigenvalue weighted by atomic mass is 79.9. The summed E-state index contributed by atoms with van der Waals surface area (Å²) >= 11 is 4.66. The largest absolute Gasteiger partial charge is 0.333 e. The van der Waals surface area contributed by atoms with Crippen molar-refractivity contribution in [2.24, 2.45) is 5.41 Å². The summed E-state index contributed by atoms with van der Waals surface area (Å²) in [5.41, 5.74) is -1.23. The molecule has 0 unspecified atom stereocenters. The molecule has 0 spiro atoms.